The van der Waals surface area contributed by atoms with E-state index in [1.165, 1.54) is 43.5 Å². The molecule has 0 spiro atoms. The van der Waals surface area contributed by atoms with Gasteiger partial charge >= 0.3 is 0 Å². The number of phenolic OH excluding ortho intramolecular Hbond substituents is 2. The maximum Gasteiger partial charge on any atom is 0.266 e. The first-order chi connectivity index (χ1) is 11.9. The summed E-state index contributed by atoms with van der Waals surface area (Å²) in [7, 11) is 1.39. The highest BCUT2D eigenvalue weighted by molar-refractivity contribution is 9.13. The zero-order chi connectivity index (χ0) is 18.6. The largest absolute Gasteiger partial charge is 0.508 e. The molecule has 8 heteroatoms. The Hall–Kier alpha value is -2.50. The van der Waals surface area contributed by atoms with Gasteiger partial charge in [0, 0.05) is 10.2 Å². The van der Waals surface area contributed by atoms with Crippen molar-refractivity contribution in [2.45, 2.75) is 0 Å². The Morgan fingerprint density at radius 2 is 1.88 bits per heavy atom. The molecule has 0 aliphatic heterocycles. The third kappa shape index (κ3) is 4.32. The van der Waals surface area contributed by atoms with E-state index in [0.717, 1.165) is 0 Å². The van der Waals surface area contributed by atoms with Crippen LogP contribution in [0.1, 0.15) is 5.56 Å². The molecular weight excluding hydrogens is 456 g/mol. The number of anilines is 1. The molecule has 2 aromatic rings. The minimum Gasteiger partial charge on any atom is -0.508 e. The number of phenols is 2. The number of methoxy groups -OCH3 is 1. The summed E-state index contributed by atoms with van der Waals surface area (Å²) < 4.78 is 5.88. The van der Waals surface area contributed by atoms with Gasteiger partial charge in [0.05, 0.1) is 11.6 Å². The van der Waals surface area contributed by atoms with Crippen LogP contribution in [0.4, 0.5) is 5.69 Å². The van der Waals surface area contributed by atoms with Crippen LogP contribution in [-0.4, -0.2) is 23.2 Å². The Morgan fingerprint density at radius 3 is 2.44 bits per heavy atom. The second kappa shape index (κ2) is 8.05. The van der Waals surface area contributed by atoms with Crippen LogP contribution in [0.2, 0.25) is 0 Å². The summed E-state index contributed by atoms with van der Waals surface area (Å²) in [4.78, 5) is 12.3. The van der Waals surface area contributed by atoms with Gasteiger partial charge in [-0.05, 0) is 73.8 Å². The number of nitriles is 1. The molecule has 0 radical (unpaired) electrons. The molecule has 0 aromatic heterocycles. The van der Waals surface area contributed by atoms with Crippen LogP contribution < -0.4 is 10.1 Å². The van der Waals surface area contributed by atoms with Crippen molar-refractivity contribution < 1.29 is 19.7 Å². The van der Waals surface area contributed by atoms with E-state index in [0.29, 0.717) is 20.2 Å². The van der Waals surface area contributed by atoms with Crippen molar-refractivity contribution in [1.29, 1.82) is 5.26 Å². The molecule has 0 fully saturated rings. The number of aromatic hydroxyl groups is 2. The Kier molecular flexibility index (Phi) is 6.07. The summed E-state index contributed by atoms with van der Waals surface area (Å²) in [5.74, 6) is -0.446. The van der Waals surface area contributed by atoms with Gasteiger partial charge in [-0.1, -0.05) is 0 Å². The van der Waals surface area contributed by atoms with Crippen LogP contribution in [0.5, 0.6) is 17.2 Å². The zero-order valence-corrected chi connectivity index (χ0v) is 16.1. The van der Waals surface area contributed by atoms with Crippen LogP contribution in [0.3, 0.4) is 0 Å². The number of hydrogen-bond donors (Lipinski definition) is 3. The van der Waals surface area contributed by atoms with Gasteiger partial charge in [-0.2, -0.15) is 5.26 Å². The molecule has 3 N–H and O–H groups in total. The van der Waals surface area contributed by atoms with Gasteiger partial charge in [0.15, 0.2) is 11.5 Å². The second-order valence-corrected chi connectivity index (χ2v) is 6.40. The fourth-order valence-electron chi connectivity index (χ4n) is 1.92. The molecule has 2 aromatic carbocycles. The summed E-state index contributed by atoms with van der Waals surface area (Å²) in [5.41, 5.74) is 0.764. The minimum atomic E-state index is -0.608. The lowest BCUT2D eigenvalue weighted by Crippen LogP contribution is -2.13. The molecule has 25 heavy (non-hydrogen) atoms. The summed E-state index contributed by atoms with van der Waals surface area (Å²) in [6.45, 7) is 0. The van der Waals surface area contributed by atoms with Gasteiger partial charge in [0.1, 0.15) is 17.4 Å². The number of halogens is 2. The third-order valence-corrected chi connectivity index (χ3v) is 5.34. The van der Waals surface area contributed by atoms with Crippen molar-refractivity contribution in [2.24, 2.45) is 0 Å². The van der Waals surface area contributed by atoms with Gasteiger partial charge in [-0.15, -0.1) is 0 Å². The molecule has 0 unspecified atom stereocenters. The number of carbonyl (C=O) groups excluding carboxylic acids is 1. The zero-order valence-electron chi connectivity index (χ0n) is 12.9. The SMILES string of the molecule is COc1cc(C=C(C#N)C(=O)Nc2ccc(O)cc2)c(Br)c(Br)c1O. The van der Waals surface area contributed by atoms with E-state index in [4.69, 9.17) is 4.74 Å². The maximum absolute atomic E-state index is 12.3. The molecule has 0 bridgehead atoms. The van der Waals surface area contributed by atoms with Gasteiger partial charge in [-0.3, -0.25) is 4.79 Å². The summed E-state index contributed by atoms with van der Waals surface area (Å²) in [5, 5.41) is 31.0. The highest BCUT2D eigenvalue weighted by atomic mass is 79.9. The number of hydrogen-bond acceptors (Lipinski definition) is 5. The van der Waals surface area contributed by atoms with E-state index >= 15 is 0 Å². The fraction of sp³-hybridized carbons (Fsp3) is 0.0588. The van der Waals surface area contributed by atoms with E-state index < -0.39 is 5.91 Å². The molecule has 6 nitrogen and oxygen atoms in total. The van der Waals surface area contributed by atoms with Crippen LogP contribution in [-0.2, 0) is 4.79 Å². The molecule has 0 saturated carbocycles. The predicted octanol–water partition coefficient (Wildman–Crippen LogP) is 4.18. The van der Waals surface area contributed by atoms with Crippen LogP contribution in [0.25, 0.3) is 6.08 Å². The lowest BCUT2D eigenvalue weighted by atomic mass is 10.1. The van der Waals surface area contributed by atoms with E-state index in [1.807, 2.05) is 6.07 Å². The molecule has 0 saturated heterocycles. The lowest BCUT2D eigenvalue weighted by Gasteiger charge is -2.10. The highest BCUT2D eigenvalue weighted by Gasteiger charge is 2.16. The van der Waals surface area contributed by atoms with E-state index in [1.54, 1.807) is 0 Å². The summed E-state index contributed by atoms with van der Waals surface area (Å²) >= 11 is 6.52. The van der Waals surface area contributed by atoms with Crippen molar-refractivity contribution in [2.75, 3.05) is 12.4 Å². The third-order valence-electron chi connectivity index (χ3n) is 3.18. The molecule has 2 rings (SSSR count). The highest BCUT2D eigenvalue weighted by Crippen LogP contribution is 2.42. The topological polar surface area (TPSA) is 103 Å². The normalized spacial score (nSPS) is 10.9. The van der Waals surface area contributed by atoms with Crippen molar-refractivity contribution >= 4 is 49.5 Å². The lowest BCUT2D eigenvalue weighted by molar-refractivity contribution is -0.112. The van der Waals surface area contributed by atoms with Crippen LogP contribution >= 0.6 is 31.9 Å². The van der Waals surface area contributed by atoms with Crippen LogP contribution in [0.15, 0.2) is 44.9 Å². The number of benzene rings is 2. The summed E-state index contributed by atoms with van der Waals surface area (Å²) in [6, 6.07) is 9.20. The average Bonchev–Trinajstić information content (AvgIpc) is 2.61. The smallest absolute Gasteiger partial charge is 0.266 e. The first kappa shape index (κ1) is 18.8. The molecule has 0 atom stereocenters. The van der Waals surface area contributed by atoms with Crippen molar-refractivity contribution in [3.63, 3.8) is 0 Å². The van der Waals surface area contributed by atoms with Gasteiger partial charge in [0.25, 0.3) is 5.91 Å². The number of carbonyl (C=O) groups is 1. The first-order valence-corrected chi connectivity index (χ1v) is 8.43. The molecular formula is C17H12Br2N2O4. The van der Waals surface area contributed by atoms with Crippen molar-refractivity contribution in [3.05, 3.63) is 50.4 Å². The summed E-state index contributed by atoms with van der Waals surface area (Å²) in [6.07, 6.45) is 1.37. The molecule has 128 valence electrons. The molecule has 0 aliphatic carbocycles. The Bertz CT molecular complexity index is 887. The number of nitrogens with zero attached hydrogens (tertiary/aromatic N) is 1. The minimum absolute atomic E-state index is 0.0685. The Labute approximate surface area is 160 Å². The number of amides is 1. The molecule has 1 amide bonds. The molecule has 0 heterocycles. The number of nitrogens with one attached hydrogen (secondary N) is 1. The van der Waals surface area contributed by atoms with Crippen molar-refractivity contribution in [3.8, 4) is 23.3 Å². The van der Waals surface area contributed by atoms with E-state index in [2.05, 4.69) is 37.2 Å². The van der Waals surface area contributed by atoms with Gasteiger partial charge < -0.3 is 20.3 Å². The average molecular weight is 468 g/mol. The van der Waals surface area contributed by atoms with Gasteiger partial charge in [-0.25, -0.2) is 0 Å². The number of rotatable bonds is 4. The van der Waals surface area contributed by atoms with Crippen LogP contribution in [0, 0.1) is 11.3 Å². The first-order valence-electron chi connectivity index (χ1n) is 6.84. The second-order valence-electron chi connectivity index (χ2n) is 4.82. The fourth-order valence-corrected chi connectivity index (χ4v) is 2.76. The Balaban J connectivity index is 2.37. The molecule has 0 aliphatic rings. The van der Waals surface area contributed by atoms with E-state index in [-0.39, 0.29) is 22.8 Å². The Morgan fingerprint density at radius 1 is 1.24 bits per heavy atom. The van der Waals surface area contributed by atoms with Crippen molar-refractivity contribution in [1.82, 2.24) is 0 Å². The maximum atomic E-state index is 12.3. The monoisotopic (exact) mass is 466 g/mol. The van der Waals surface area contributed by atoms with E-state index in [9.17, 15) is 20.3 Å². The standard InChI is InChI=1S/C17H12Br2N2O4/c1-25-13-7-9(14(18)15(19)16(13)23)6-10(8-20)17(24)21-11-2-4-12(22)5-3-11/h2-7,22-23H,1H3,(H,21,24). The predicted molar refractivity (Wildman–Crippen MR) is 100 cm³/mol. The van der Waals surface area contributed by atoms with Gasteiger partial charge in [0.2, 0.25) is 0 Å². The number of ether oxygens (including phenoxy) is 1. The quantitative estimate of drug-likeness (QED) is 0.355.